The Kier molecular flexibility index (Phi) is 8.95. The molecule has 0 bridgehead atoms. The molecule has 0 aromatic heterocycles. The normalized spacial score (nSPS) is 21.5. The van der Waals surface area contributed by atoms with Gasteiger partial charge in [0.25, 0.3) is 0 Å². The molecule has 1 heterocycles. The number of halogens is 1. The second kappa shape index (κ2) is 12.2. The van der Waals surface area contributed by atoms with E-state index < -0.39 is 23.8 Å². The zero-order valence-electron chi connectivity index (χ0n) is 21.0. The largest absolute Gasteiger partial charge is 0.475 e. The smallest absolute Gasteiger partial charge is 0.453 e. The lowest BCUT2D eigenvalue weighted by Crippen LogP contribution is -2.55. The maximum Gasteiger partial charge on any atom is 0.453 e. The minimum Gasteiger partial charge on any atom is -0.475 e. The Bertz CT molecular complexity index is 1100. The van der Waals surface area contributed by atoms with Crippen molar-refractivity contribution >= 4 is 23.5 Å². The number of nitrogens with one attached hydrogen (secondary N) is 1. The molecule has 1 aliphatic heterocycles. The highest BCUT2D eigenvalue weighted by atomic mass is 35.5. The number of carboxylic acids is 1. The molecule has 0 amide bonds. The minimum atomic E-state index is -2.55. The van der Waals surface area contributed by atoms with E-state index in [2.05, 4.69) is 5.32 Å². The Hall–Kier alpha value is -2.81. The molecule has 8 nitrogen and oxygen atoms in total. The molecular formula is C28H34ClNO7. The van der Waals surface area contributed by atoms with Crippen molar-refractivity contribution in [1.29, 1.82) is 0 Å². The molecular weight excluding hydrogens is 498 g/mol. The summed E-state index contributed by atoms with van der Waals surface area (Å²) in [5.74, 6) is -4.77. The summed E-state index contributed by atoms with van der Waals surface area (Å²) in [6.45, 7) is 2.31. The first-order valence-corrected chi connectivity index (χ1v) is 13.3. The van der Waals surface area contributed by atoms with Crippen molar-refractivity contribution in [3.63, 3.8) is 0 Å². The first-order valence-electron chi connectivity index (χ1n) is 12.9. The molecule has 1 aliphatic carbocycles. The molecule has 2 aromatic rings. The lowest BCUT2D eigenvalue weighted by atomic mass is 9.98. The molecule has 1 saturated carbocycles. The molecule has 1 unspecified atom stereocenters. The molecule has 3 atom stereocenters. The van der Waals surface area contributed by atoms with Crippen LogP contribution in [0, 0.1) is 0 Å². The van der Waals surface area contributed by atoms with Crippen molar-refractivity contribution in [3.05, 3.63) is 58.6 Å². The van der Waals surface area contributed by atoms with Gasteiger partial charge in [-0.3, -0.25) is 0 Å². The van der Waals surface area contributed by atoms with Gasteiger partial charge < -0.3 is 29.7 Å². The molecule has 4 rings (SSSR count). The van der Waals surface area contributed by atoms with Crippen molar-refractivity contribution in [1.82, 2.24) is 5.32 Å². The monoisotopic (exact) mass is 531 g/mol. The third-order valence-electron chi connectivity index (χ3n) is 6.83. The maximum absolute atomic E-state index is 13.0. The fourth-order valence-electron chi connectivity index (χ4n) is 4.77. The number of fused-ring (bicyclic) bond motifs is 1. The van der Waals surface area contributed by atoms with Gasteiger partial charge in [0.15, 0.2) is 11.5 Å². The van der Waals surface area contributed by atoms with Crippen LogP contribution in [0.15, 0.2) is 42.5 Å². The number of carbonyl (C=O) groups excluding carboxylic acids is 1. The van der Waals surface area contributed by atoms with E-state index in [9.17, 15) is 19.8 Å². The average Bonchev–Trinajstić information content (AvgIpc) is 3.24. The van der Waals surface area contributed by atoms with E-state index >= 15 is 0 Å². The van der Waals surface area contributed by atoms with E-state index in [4.69, 9.17) is 25.8 Å². The lowest BCUT2D eigenvalue weighted by molar-refractivity contribution is -0.202. The van der Waals surface area contributed by atoms with E-state index in [1.807, 2.05) is 13.0 Å². The summed E-state index contributed by atoms with van der Waals surface area (Å²) < 4.78 is 16.8. The highest BCUT2D eigenvalue weighted by molar-refractivity contribution is 6.30. The average molecular weight is 532 g/mol. The van der Waals surface area contributed by atoms with E-state index in [1.54, 1.807) is 36.4 Å². The molecule has 3 N–H and O–H groups in total. The fraction of sp³-hybridized carbons (Fsp3) is 0.500. The molecule has 200 valence electrons. The van der Waals surface area contributed by atoms with Crippen LogP contribution in [0.5, 0.6) is 11.5 Å². The van der Waals surface area contributed by atoms with Gasteiger partial charge in [-0.05, 0) is 74.4 Å². The summed E-state index contributed by atoms with van der Waals surface area (Å²) in [5.41, 5.74) is 1.58. The molecule has 0 spiro atoms. The molecule has 1 fully saturated rings. The Balaban J connectivity index is 1.36. The first-order chi connectivity index (χ1) is 17.8. The van der Waals surface area contributed by atoms with E-state index in [0.29, 0.717) is 30.8 Å². The molecule has 2 aliphatic rings. The van der Waals surface area contributed by atoms with Gasteiger partial charge in [-0.1, -0.05) is 49.1 Å². The first kappa shape index (κ1) is 27.2. The third kappa shape index (κ3) is 6.74. The summed E-state index contributed by atoms with van der Waals surface area (Å²) in [4.78, 5) is 25.2. The van der Waals surface area contributed by atoms with Crippen molar-refractivity contribution in [2.75, 3.05) is 6.54 Å². The van der Waals surface area contributed by atoms with Gasteiger partial charge >= 0.3 is 17.7 Å². The lowest BCUT2D eigenvalue weighted by Gasteiger charge is -2.25. The topological polar surface area (TPSA) is 114 Å². The number of aliphatic hydroxyl groups excluding tert-OH is 1. The molecule has 9 heteroatoms. The number of rotatable bonds is 9. The zero-order chi connectivity index (χ0) is 26.4. The number of hydrogen-bond donors (Lipinski definition) is 3. The second-order valence-electron chi connectivity index (χ2n) is 9.86. The molecule has 2 aromatic carbocycles. The van der Waals surface area contributed by atoms with Gasteiger partial charge in [0.05, 0.1) is 6.10 Å². The molecule has 0 radical (unpaired) electrons. The van der Waals surface area contributed by atoms with Crippen molar-refractivity contribution in [2.45, 2.75) is 82.3 Å². The highest BCUT2D eigenvalue weighted by Gasteiger charge is 2.59. The van der Waals surface area contributed by atoms with Gasteiger partial charge in [0.1, 0.15) is 6.10 Å². The van der Waals surface area contributed by atoms with Crippen LogP contribution in [0.4, 0.5) is 0 Å². The number of ether oxygens (including phenoxy) is 3. The fourth-order valence-corrected chi connectivity index (χ4v) is 4.97. The standard InChI is InChI=1S/C28H34ClNO7/c1-18(30-17-23(31)20-8-7-9-21(29)16-20)14-19-12-13-24-25(15-19)37-28(36-24,26(32)33)27(34)35-22-10-5-3-2-4-6-11-22/h7-9,12-13,15-16,18,22-23,30-31H,2-6,10-11,14,17H2,1H3,(H,32,33)/t18-,23+,28?/m1/s1. The predicted octanol–water partition coefficient (Wildman–Crippen LogP) is 4.80. The number of esters is 1. The quantitative estimate of drug-likeness (QED) is 0.312. The van der Waals surface area contributed by atoms with Crippen LogP contribution < -0.4 is 14.8 Å². The van der Waals surface area contributed by atoms with Gasteiger partial charge in [0, 0.05) is 17.6 Å². The third-order valence-corrected chi connectivity index (χ3v) is 7.06. The number of benzene rings is 2. The number of aliphatic carboxylic acids is 1. The van der Waals surface area contributed by atoms with Gasteiger partial charge in [-0.2, -0.15) is 0 Å². The zero-order valence-corrected chi connectivity index (χ0v) is 21.7. The molecule has 0 saturated heterocycles. The Labute approximate surface area is 221 Å². The maximum atomic E-state index is 13.0. The Morgan fingerprint density at radius 2 is 1.78 bits per heavy atom. The Morgan fingerprint density at radius 1 is 1.08 bits per heavy atom. The van der Waals surface area contributed by atoms with Gasteiger partial charge in [-0.25, -0.2) is 9.59 Å². The summed E-state index contributed by atoms with van der Waals surface area (Å²) in [6.07, 6.45) is 6.12. The second-order valence-corrected chi connectivity index (χ2v) is 10.3. The highest BCUT2D eigenvalue weighted by Crippen LogP contribution is 2.41. The van der Waals surface area contributed by atoms with Crippen LogP contribution in [0.25, 0.3) is 0 Å². The number of carbonyl (C=O) groups is 2. The summed E-state index contributed by atoms with van der Waals surface area (Å²) in [6, 6.07) is 12.2. The van der Waals surface area contributed by atoms with Crippen LogP contribution in [0.3, 0.4) is 0 Å². The van der Waals surface area contributed by atoms with Crippen LogP contribution in [0.2, 0.25) is 5.02 Å². The van der Waals surface area contributed by atoms with Crippen molar-refractivity contribution in [3.8, 4) is 11.5 Å². The number of carboxylic acid groups (broad SMARTS) is 1. The van der Waals surface area contributed by atoms with E-state index in [0.717, 1.165) is 36.8 Å². The van der Waals surface area contributed by atoms with Crippen molar-refractivity contribution < 1.29 is 34.0 Å². The van der Waals surface area contributed by atoms with Crippen LogP contribution in [-0.4, -0.2) is 46.6 Å². The SMILES string of the molecule is C[C@H](Cc1ccc2c(c1)OC(C(=O)O)(C(=O)OC1CCCCCCC1)O2)NC[C@H](O)c1cccc(Cl)c1. The Morgan fingerprint density at radius 3 is 2.49 bits per heavy atom. The van der Waals surface area contributed by atoms with Crippen LogP contribution >= 0.6 is 11.6 Å². The summed E-state index contributed by atoms with van der Waals surface area (Å²) in [7, 11) is 0. The van der Waals surface area contributed by atoms with Crippen LogP contribution in [0.1, 0.15) is 69.1 Å². The predicted molar refractivity (Wildman–Crippen MR) is 138 cm³/mol. The number of hydrogen-bond acceptors (Lipinski definition) is 7. The molecule has 37 heavy (non-hydrogen) atoms. The van der Waals surface area contributed by atoms with E-state index in [-0.39, 0.29) is 23.6 Å². The number of aliphatic hydroxyl groups is 1. The van der Waals surface area contributed by atoms with Gasteiger partial charge in [-0.15, -0.1) is 0 Å². The van der Waals surface area contributed by atoms with Crippen LogP contribution in [-0.2, 0) is 20.7 Å². The van der Waals surface area contributed by atoms with E-state index in [1.165, 1.54) is 6.42 Å². The van der Waals surface area contributed by atoms with Crippen molar-refractivity contribution in [2.24, 2.45) is 0 Å². The van der Waals surface area contributed by atoms with Gasteiger partial charge in [0.2, 0.25) is 0 Å². The summed E-state index contributed by atoms with van der Waals surface area (Å²) in [5, 5.41) is 24.2. The minimum absolute atomic E-state index is 0.0114. The summed E-state index contributed by atoms with van der Waals surface area (Å²) >= 11 is 6.01.